The average Bonchev–Trinajstić information content (AvgIpc) is 3.37. The molecule has 0 radical (unpaired) electrons. The number of nitrogens with zero attached hydrogens (tertiary/aromatic N) is 3. The Morgan fingerprint density at radius 1 is 1.31 bits per heavy atom. The summed E-state index contributed by atoms with van der Waals surface area (Å²) < 4.78 is 2.15. The van der Waals surface area contributed by atoms with E-state index in [-0.39, 0.29) is 23.0 Å². The number of rotatable bonds is 7. The highest BCUT2D eigenvalue weighted by atomic mass is 32.2. The summed E-state index contributed by atoms with van der Waals surface area (Å²) in [6, 6.07) is 8.96. The number of fused-ring (bicyclic) bond motifs is 1. The smallest absolute Gasteiger partial charge is 0.272 e. The zero-order chi connectivity index (χ0) is 20.4. The fraction of sp³-hybridized carbons (Fsp3) is 0.238. The van der Waals surface area contributed by atoms with Gasteiger partial charge in [0.1, 0.15) is 4.70 Å². The summed E-state index contributed by atoms with van der Waals surface area (Å²) >= 11 is 2.60. The van der Waals surface area contributed by atoms with Gasteiger partial charge in [-0.05, 0) is 30.0 Å². The first-order valence-corrected chi connectivity index (χ1v) is 11.1. The standard InChI is InChI=1S/C21H19N3O3S2/c1-2-9-24-20(27)19-16(8-11-28-19)22-21(24)29-13-17(25)14-5-3-6-15(12-14)23-10-4-7-18(23)26/h2-3,5-6,8,11-12H,1,4,7,9-10,13H2. The first-order valence-electron chi connectivity index (χ1n) is 9.24. The maximum absolute atomic E-state index is 12.8. The summed E-state index contributed by atoms with van der Waals surface area (Å²) in [7, 11) is 0. The number of aromatic nitrogens is 2. The van der Waals surface area contributed by atoms with Crippen LogP contribution in [0.15, 0.2) is 58.3 Å². The number of Topliss-reactive ketones (excluding diaryl/α,β-unsaturated/α-hetero) is 1. The number of ketones is 1. The minimum Gasteiger partial charge on any atom is -0.312 e. The Balaban J connectivity index is 1.56. The third kappa shape index (κ3) is 3.90. The van der Waals surface area contributed by atoms with Gasteiger partial charge >= 0.3 is 0 Å². The van der Waals surface area contributed by atoms with Gasteiger partial charge in [-0.3, -0.25) is 19.0 Å². The number of hydrogen-bond acceptors (Lipinski definition) is 6. The van der Waals surface area contributed by atoms with E-state index in [1.807, 2.05) is 17.5 Å². The van der Waals surface area contributed by atoms with Gasteiger partial charge in [-0.25, -0.2) is 4.98 Å². The maximum atomic E-state index is 12.8. The van der Waals surface area contributed by atoms with Crippen molar-refractivity contribution in [1.82, 2.24) is 9.55 Å². The second-order valence-electron chi connectivity index (χ2n) is 6.64. The number of amides is 1. The molecular formula is C21H19N3O3S2. The number of thiophene rings is 1. The Hall–Kier alpha value is -2.71. The number of carbonyl (C=O) groups is 2. The van der Waals surface area contributed by atoms with Gasteiger partial charge in [0.25, 0.3) is 5.56 Å². The van der Waals surface area contributed by atoms with Crippen molar-refractivity contribution in [3.05, 3.63) is 64.3 Å². The van der Waals surface area contributed by atoms with Crippen LogP contribution in [0.25, 0.3) is 10.2 Å². The normalized spacial score (nSPS) is 13.9. The molecule has 1 aliphatic rings. The van der Waals surface area contributed by atoms with Gasteiger partial charge < -0.3 is 4.90 Å². The lowest BCUT2D eigenvalue weighted by molar-refractivity contribution is -0.117. The lowest BCUT2D eigenvalue weighted by Gasteiger charge is -2.16. The van der Waals surface area contributed by atoms with Crippen molar-refractivity contribution in [2.45, 2.75) is 24.5 Å². The first kappa shape index (κ1) is 19.6. The second-order valence-corrected chi connectivity index (χ2v) is 8.50. The quantitative estimate of drug-likeness (QED) is 0.250. The van der Waals surface area contributed by atoms with Gasteiger partial charge in [-0.1, -0.05) is 30.0 Å². The lowest BCUT2D eigenvalue weighted by Crippen LogP contribution is -2.24. The van der Waals surface area contributed by atoms with E-state index in [4.69, 9.17) is 0 Å². The summed E-state index contributed by atoms with van der Waals surface area (Å²) in [6.45, 7) is 4.73. The average molecular weight is 426 g/mol. The Morgan fingerprint density at radius 2 is 2.17 bits per heavy atom. The van der Waals surface area contributed by atoms with E-state index in [1.54, 1.807) is 33.7 Å². The fourth-order valence-electron chi connectivity index (χ4n) is 3.31. The van der Waals surface area contributed by atoms with Crippen LogP contribution in [0.2, 0.25) is 0 Å². The van der Waals surface area contributed by atoms with Crippen LogP contribution < -0.4 is 10.5 Å². The molecule has 1 saturated heterocycles. The van der Waals surface area contributed by atoms with Crippen molar-refractivity contribution < 1.29 is 9.59 Å². The van der Waals surface area contributed by atoms with Gasteiger partial charge in [0, 0.05) is 30.8 Å². The maximum Gasteiger partial charge on any atom is 0.272 e. The van der Waals surface area contributed by atoms with E-state index in [1.165, 1.54) is 23.1 Å². The molecule has 8 heteroatoms. The van der Waals surface area contributed by atoms with E-state index in [0.29, 0.717) is 40.4 Å². The highest BCUT2D eigenvalue weighted by molar-refractivity contribution is 7.99. The van der Waals surface area contributed by atoms with Crippen LogP contribution in [0, 0.1) is 0 Å². The number of benzene rings is 1. The van der Waals surface area contributed by atoms with Crippen molar-refractivity contribution in [2.75, 3.05) is 17.2 Å². The molecule has 0 N–H and O–H groups in total. The van der Waals surface area contributed by atoms with Crippen molar-refractivity contribution in [3.8, 4) is 0 Å². The molecule has 148 valence electrons. The molecule has 3 aromatic rings. The SMILES string of the molecule is C=CCn1c(SCC(=O)c2cccc(N3CCCC3=O)c2)nc2ccsc2c1=O. The molecule has 0 bridgehead atoms. The zero-order valence-electron chi connectivity index (χ0n) is 15.7. The largest absolute Gasteiger partial charge is 0.312 e. The molecule has 0 aliphatic carbocycles. The van der Waals surface area contributed by atoms with Crippen molar-refractivity contribution in [1.29, 1.82) is 0 Å². The molecule has 3 heterocycles. The number of hydrogen-bond donors (Lipinski definition) is 0. The van der Waals surface area contributed by atoms with E-state index < -0.39 is 0 Å². The monoisotopic (exact) mass is 425 g/mol. The molecule has 1 amide bonds. The van der Waals surface area contributed by atoms with Crippen LogP contribution in [-0.2, 0) is 11.3 Å². The van der Waals surface area contributed by atoms with Crippen LogP contribution in [0.5, 0.6) is 0 Å². The number of anilines is 1. The van der Waals surface area contributed by atoms with Gasteiger partial charge in [0.05, 0.1) is 11.3 Å². The molecule has 0 unspecified atom stereocenters. The molecule has 0 saturated carbocycles. The topological polar surface area (TPSA) is 72.3 Å². The van der Waals surface area contributed by atoms with E-state index in [2.05, 4.69) is 11.6 Å². The Morgan fingerprint density at radius 3 is 2.93 bits per heavy atom. The minimum absolute atomic E-state index is 0.0756. The molecule has 2 aromatic heterocycles. The number of thioether (sulfide) groups is 1. The van der Waals surface area contributed by atoms with E-state index >= 15 is 0 Å². The second kappa shape index (κ2) is 8.34. The molecule has 0 atom stereocenters. The summed E-state index contributed by atoms with van der Waals surface area (Å²) in [5, 5.41) is 2.34. The van der Waals surface area contributed by atoms with Gasteiger partial charge in [-0.15, -0.1) is 17.9 Å². The molecule has 1 aliphatic heterocycles. The molecule has 29 heavy (non-hydrogen) atoms. The van der Waals surface area contributed by atoms with Crippen LogP contribution in [0.3, 0.4) is 0 Å². The fourth-order valence-corrected chi connectivity index (χ4v) is 4.99. The highest BCUT2D eigenvalue weighted by Crippen LogP contribution is 2.25. The predicted molar refractivity (Wildman–Crippen MR) is 117 cm³/mol. The Kier molecular flexibility index (Phi) is 5.64. The third-order valence-electron chi connectivity index (χ3n) is 4.73. The number of carbonyl (C=O) groups excluding carboxylic acids is 2. The van der Waals surface area contributed by atoms with Crippen LogP contribution in [0.1, 0.15) is 23.2 Å². The van der Waals surface area contributed by atoms with Crippen molar-refractivity contribution in [3.63, 3.8) is 0 Å². The lowest BCUT2D eigenvalue weighted by atomic mass is 10.1. The van der Waals surface area contributed by atoms with E-state index in [9.17, 15) is 14.4 Å². The zero-order valence-corrected chi connectivity index (χ0v) is 17.3. The molecule has 6 nitrogen and oxygen atoms in total. The van der Waals surface area contributed by atoms with Gasteiger partial charge in [0.15, 0.2) is 10.9 Å². The van der Waals surface area contributed by atoms with Gasteiger partial charge in [-0.2, -0.15) is 0 Å². The Labute approximate surface area is 175 Å². The van der Waals surface area contributed by atoms with Crippen LogP contribution in [-0.4, -0.2) is 33.5 Å². The summed E-state index contributed by atoms with van der Waals surface area (Å²) in [5.74, 6) is 0.162. The summed E-state index contributed by atoms with van der Waals surface area (Å²) in [6.07, 6.45) is 3.03. The molecule has 1 aromatic carbocycles. The van der Waals surface area contributed by atoms with Crippen LogP contribution >= 0.6 is 23.1 Å². The summed E-state index contributed by atoms with van der Waals surface area (Å²) in [4.78, 5) is 43.7. The van der Waals surface area contributed by atoms with Crippen molar-refractivity contribution >= 4 is 50.7 Å². The molecule has 4 rings (SSSR count). The first-order chi connectivity index (χ1) is 14.1. The molecular weight excluding hydrogens is 406 g/mol. The summed E-state index contributed by atoms with van der Waals surface area (Å²) in [5.41, 5.74) is 1.83. The highest BCUT2D eigenvalue weighted by Gasteiger charge is 2.22. The number of allylic oxidation sites excluding steroid dienone is 1. The van der Waals surface area contributed by atoms with Gasteiger partial charge in [0.2, 0.25) is 5.91 Å². The minimum atomic E-state index is -0.116. The molecule has 0 spiro atoms. The predicted octanol–water partition coefficient (Wildman–Crippen LogP) is 3.75. The van der Waals surface area contributed by atoms with E-state index in [0.717, 1.165) is 12.1 Å². The molecule has 1 fully saturated rings. The third-order valence-corrected chi connectivity index (χ3v) is 6.60. The Bertz CT molecular complexity index is 1170. The van der Waals surface area contributed by atoms with Crippen molar-refractivity contribution in [2.24, 2.45) is 0 Å². The van der Waals surface area contributed by atoms with Crippen LogP contribution in [0.4, 0.5) is 5.69 Å².